The first-order valence-electron chi connectivity index (χ1n) is 8.53. The second-order valence-electron chi connectivity index (χ2n) is 6.42. The standard InChI is InChI=1S/C16H22N6O5S/c1-2-28(4-3-8(17)16(25)26)5-9-11(23)12(24)15(27-9)22-7-21-10-13(18)19-6-20-14(10)22/h2,6-9,11-12,15,23-24H,1,3-5,17H2,(H2-,18,19,20,25,26)/t8-,9+,11+,12+,15+,28?/m0/s1. The fourth-order valence-corrected chi connectivity index (χ4v) is 4.72. The first-order valence-corrected chi connectivity index (χ1v) is 10.2. The average molecular weight is 410 g/mol. The van der Waals surface area contributed by atoms with Gasteiger partial charge in [-0.15, -0.1) is 0 Å². The molecule has 6 N–H and O–H groups in total. The van der Waals surface area contributed by atoms with Crippen molar-refractivity contribution in [1.82, 2.24) is 19.5 Å². The predicted octanol–water partition coefficient (Wildman–Crippen LogP) is -2.74. The van der Waals surface area contributed by atoms with Gasteiger partial charge in [0.25, 0.3) is 0 Å². The number of nitrogen functional groups attached to an aromatic ring is 1. The summed E-state index contributed by atoms with van der Waals surface area (Å²) in [4.78, 5) is 22.9. The summed E-state index contributed by atoms with van der Waals surface area (Å²) in [6, 6.07) is -1.06. The quantitative estimate of drug-likeness (QED) is 0.333. The summed E-state index contributed by atoms with van der Waals surface area (Å²) in [7, 11) is -0.460. The molecule has 11 nitrogen and oxygen atoms in total. The number of anilines is 1. The number of nitrogens with two attached hydrogens (primary N) is 2. The molecule has 1 saturated heterocycles. The Bertz CT molecular complexity index is 863. The van der Waals surface area contributed by atoms with Crippen LogP contribution in [-0.2, 0) is 20.4 Å². The van der Waals surface area contributed by atoms with Gasteiger partial charge in [0.2, 0.25) is 0 Å². The second kappa shape index (κ2) is 8.41. The Balaban J connectivity index is 1.72. The molecule has 28 heavy (non-hydrogen) atoms. The number of carbonyl (C=O) groups excluding carboxylic acids is 1. The van der Waals surface area contributed by atoms with E-state index in [1.54, 1.807) is 5.41 Å². The SMILES string of the molecule is C=C[S+](CC[C@H](N)C(=O)[O-])C[C@H]1O[C@@H](n2cnc3c(N)ncnc32)[C@H](O)[C@@H]1O. The van der Waals surface area contributed by atoms with Gasteiger partial charge >= 0.3 is 0 Å². The van der Waals surface area contributed by atoms with Crippen LogP contribution in [0, 0.1) is 0 Å². The number of ether oxygens (including phenoxy) is 1. The Labute approximate surface area is 163 Å². The number of imidazole rings is 1. The summed E-state index contributed by atoms with van der Waals surface area (Å²) >= 11 is 0. The highest BCUT2D eigenvalue weighted by atomic mass is 32.2. The first kappa shape index (κ1) is 20.5. The molecule has 1 aliphatic rings. The predicted molar refractivity (Wildman–Crippen MR) is 101 cm³/mol. The Morgan fingerprint density at radius 2 is 2.18 bits per heavy atom. The van der Waals surface area contributed by atoms with Gasteiger partial charge in [0.15, 0.2) is 17.7 Å². The van der Waals surface area contributed by atoms with Crippen LogP contribution in [0.25, 0.3) is 11.2 Å². The van der Waals surface area contributed by atoms with Gasteiger partial charge in [-0.05, 0) is 0 Å². The van der Waals surface area contributed by atoms with Crippen molar-refractivity contribution in [2.45, 2.75) is 37.0 Å². The Kier molecular flexibility index (Phi) is 6.15. The van der Waals surface area contributed by atoms with Gasteiger partial charge in [-0.25, -0.2) is 15.0 Å². The van der Waals surface area contributed by atoms with Crippen molar-refractivity contribution < 1.29 is 24.9 Å². The molecule has 6 atom stereocenters. The van der Waals surface area contributed by atoms with Gasteiger partial charge in [0.1, 0.15) is 47.1 Å². The molecule has 3 rings (SSSR count). The van der Waals surface area contributed by atoms with Crippen LogP contribution in [0.1, 0.15) is 12.6 Å². The smallest absolute Gasteiger partial charge is 0.167 e. The Hall–Kier alpha value is -2.25. The van der Waals surface area contributed by atoms with Gasteiger partial charge in [-0.3, -0.25) is 4.57 Å². The van der Waals surface area contributed by atoms with Crippen molar-refractivity contribution in [2.24, 2.45) is 5.73 Å². The second-order valence-corrected chi connectivity index (χ2v) is 8.57. The van der Waals surface area contributed by atoms with Crippen molar-refractivity contribution in [3.8, 4) is 0 Å². The zero-order valence-electron chi connectivity index (χ0n) is 14.9. The third-order valence-corrected chi connectivity index (χ3v) is 6.59. The average Bonchev–Trinajstić information content (AvgIpc) is 3.21. The molecule has 1 unspecified atom stereocenters. The van der Waals surface area contributed by atoms with Gasteiger partial charge in [-0.1, -0.05) is 6.58 Å². The molecule has 0 aromatic carbocycles. The molecule has 0 saturated carbocycles. The fraction of sp³-hybridized carbons (Fsp3) is 0.500. The molecule has 0 spiro atoms. The maximum Gasteiger partial charge on any atom is 0.167 e. The molecule has 2 aromatic rings. The van der Waals surface area contributed by atoms with Crippen LogP contribution in [0.4, 0.5) is 5.82 Å². The number of carboxylic acid groups (broad SMARTS) is 1. The number of rotatable bonds is 8. The molecule has 0 amide bonds. The molecule has 12 heteroatoms. The van der Waals surface area contributed by atoms with E-state index < -0.39 is 47.4 Å². The lowest BCUT2D eigenvalue weighted by molar-refractivity contribution is -0.307. The van der Waals surface area contributed by atoms with Crippen LogP contribution < -0.4 is 16.6 Å². The number of aliphatic carboxylic acids is 1. The van der Waals surface area contributed by atoms with E-state index in [-0.39, 0.29) is 12.2 Å². The van der Waals surface area contributed by atoms with E-state index in [2.05, 4.69) is 21.5 Å². The van der Waals surface area contributed by atoms with Crippen molar-refractivity contribution in [1.29, 1.82) is 0 Å². The zero-order chi connectivity index (χ0) is 20.4. The summed E-state index contributed by atoms with van der Waals surface area (Å²) < 4.78 is 7.39. The monoisotopic (exact) mass is 410 g/mol. The van der Waals surface area contributed by atoms with Crippen molar-refractivity contribution in [2.75, 3.05) is 17.2 Å². The lowest BCUT2D eigenvalue weighted by atomic mass is 10.1. The Morgan fingerprint density at radius 1 is 1.43 bits per heavy atom. The van der Waals surface area contributed by atoms with Gasteiger partial charge < -0.3 is 36.3 Å². The van der Waals surface area contributed by atoms with Gasteiger partial charge in [0.05, 0.1) is 12.3 Å². The summed E-state index contributed by atoms with van der Waals surface area (Å²) in [5, 5.41) is 33.4. The first-order chi connectivity index (χ1) is 13.3. The third kappa shape index (κ3) is 3.95. The largest absolute Gasteiger partial charge is 0.548 e. The number of carboxylic acids is 1. The summed E-state index contributed by atoms with van der Waals surface area (Å²) in [6.45, 7) is 3.75. The number of aromatic nitrogens is 4. The molecule has 1 aliphatic heterocycles. The van der Waals surface area contributed by atoms with E-state index in [9.17, 15) is 20.1 Å². The van der Waals surface area contributed by atoms with Gasteiger partial charge in [0, 0.05) is 23.4 Å². The maximum absolute atomic E-state index is 10.8. The molecule has 152 valence electrons. The zero-order valence-corrected chi connectivity index (χ0v) is 15.7. The van der Waals surface area contributed by atoms with E-state index in [0.29, 0.717) is 22.7 Å². The number of nitrogens with zero attached hydrogens (tertiary/aromatic N) is 4. The Morgan fingerprint density at radius 3 is 2.86 bits per heavy atom. The van der Waals surface area contributed by atoms with Crippen molar-refractivity contribution >= 4 is 33.8 Å². The summed E-state index contributed by atoms with van der Waals surface area (Å²) in [5.41, 5.74) is 12.0. The number of carbonyl (C=O) groups is 1. The fourth-order valence-electron chi connectivity index (χ4n) is 2.99. The third-order valence-electron chi connectivity index (χ3n) is 4.61. The lowest BCUT2D eigenvalue weighted by Gasteiger charge is -2.16. The van der Waals surface area contributed by atoms with Crippen LogP contribution >= 0.6 is 0 Å². The molecule has 0 aliphatic carbocycles. The van der Waals surface area contributed by atoms with Crippen LogP contribution in [0.5, 0.6) is 0 Å². The summed E-state index contributed by atoms with van der Waals surface area (Å²) in [6.07, 6.45) is -1.02. The number of fused-ring (bicyclic) bond motifs is 1. The summed E-state index contributed by atoms with van der Waals surface area (Å²) in [5.74, 6) is -0.287. The van der Waals surface area contributed by atoms with E-state index in [1.165, 1.54) is 17.2 Å². The molecule has 0 bridgehead atoms. The molecule has 3 heterocycles. The number of hydrogen-bond acceptors (Lipinski definition) is 10. The van der Waals surface area contributed by atoms with E-state index in [1.807, 2.05) is 0 Å². The lowest BCUT2D eigenvalue weighted by Crippen LogP contribution is -2.43. The molecular formula is C16H22N6O5S. The van der Waals surface area contributed by atoms with Gasteiger partial charge in [-0.2, -0.15) is 0 Å². The molecule has 2 aromatic heterocycles. The maximum atomic E-state index is 10.8. The van der Waals surface area contributed by atoms with Crippen LogP contribution in [-0.4, -0.2) is 71.6 Å². The number of aliphatic hydroxyl groups excluding tert-OH is 2. The highest BCUT2D eigenvalue weighted by molar-refractivity contribution is 7.99. The van der Waals surface area contributed by atoms with E-state index in [0.717, 1.165) is 0 Å². The van der Waals surface area contributed by atoms with Crippen LogP contribution in [0.3, 0.4) is 0 Å². The minimum Gasteiger partial charge on any atom is -0.548 e. The van der Waals surface area contributed by atoms with E-state index in [4.69, 9.17) is 16.2 Å². The van der Waals surface area contributed by atoms with E-state index >= 15 is 0 Å². The van der Waals surface area contributed by atoms with Crippen LogP contribution in [0.2, 0.25) is 0 Å². The highest BCUT2D eigenvalue weighted by Gasteiger charge is 2.46. The number of aliphatic hydroxyl groups is 2. The van der Waals surface area contributed by atoms with Crippen LogP contribution in [0.15, 0.2) is 24.6 Å². The van der Waals surface area contributed by atoms with Crippen molar-refractivity contribution in [3.05, 3.63) is 24.6 Å². The molecule has 0 radical (unpaired) electrons. The minimum atomic E-state index is -1.31. The van der Waals surface area contributed by atoms with Crippen molar-refractivity contribution in [3.63, 3.8) is 0 Å². The minimum absolute atomic E-state index is 0.200. The topological polar surface area (TPSA) is 185 Å². The normalized spacial score (nSPS) is 27.0. The molecule has 1 fully saturated rings. The highest BCUT2D eigenvalue weighted by Crippen LogP contribution is 2.33. The number of hydrogen-bond donors (Lipinski definition) is 4. The molecular weight excluding hydrogens is 388 g/mol.